The molecule has 2 bridgehead atoms. The fourth-order valence-electron chi connectivity index (χ4n) is 5.03. The van der Waals surface area contributed by atoms with E-state index in [4.69, 9.17) is 0 Å². The second-order valence-corrected chi connectivity index (χ2v) is 9.33. The van der Waals surface area contributed by atoms with E-state index >= 15 is 0 Å². The first kappa shape index (κ1) is 20.6. The van der Waals surface area contributed by atoms with Crippen LogP contribution in [0.1, 0.15) is 37.7 Å². The van der Waals surface area contributed by atoms with Gasteiger partial charge in [-0.3, -0.25) is 14.4 Å². The van der Waals surface area contributed by atoms with E-state index in [2.05, 4.69) is 16.0 Å². The molecule has 32 heavy (non-hydrogen) atoms. The molecule has 0 atom stereocenters. The zero-order valence-electron chi connectivity index (χ0n) is 17.3. The number of nitrogens with one attached hydrogen (secondary N) is 3. The third kappa shape index (κ3) is 3.25. The Kier molecular flexibility index (Phi) is 4.58. The molecule has 4 fully saturated rings. The predicted octanol–water partition coefficient (Wildman–Crippen LogP) is 3.04. The maximum Gasteiger partial charge on any atom is 0.240 e. The number of amides is 3. The van der Waals surface area contributed by atoms with Crippen LogP contribution >= 0.6 is 0 Å². The number of halogens is 2. The first-order chi connectivity index (χ1) is 15.3. The number of benzene rings is 2. The minimum atomic E-state index is -1.05. The van der Waals surface area contributed by atoms with Crippen LogP contribution in [0.4, 0.5) is 14.5 Å². The Labute approximate surface area is 183 Å². The van der Waals surface area contributed by atoms with Crippen molar-refractivity contribution in [3.8, 4) is 0 Å². The maximum atomic E-state index is 13.8. The lowest BCUT2D eigenvalue weighted by atomic mass is 9.39. The van der Waals surface area contributed by atoms with Gasteiger partial charge in [0, 0.05) is 23.3 Å². The number of hydrogen-bond donors (Lipinski definition) is 3. The number of carbonyl (C=O) groups is 3. The van der Waals surface area contributed by atoms with E-state index in [0.29, 0.717) is 37.8 Å². The van der Waals surface area contributed by atoms with E-state index in [1.54, 1.807) is 12.1 Å². The van der Waals surface area contributed by atoms with Crippen LogP contribution in [0.15, 0.2) is 48.5 Å². The van der Waals surface area contributed by atoms with E-state index in [1.807, 2.05) is 18.2 Å². The second kappa shape index (κ2) is 7.12. The lowest BCUT2D eigenvalue weighted by Gasteiger charge is -2.69. The minimum absolute atomic E-state index is 0.171. The molecule has 2 aromatic carbocycles. The van der Waals surface area contributed by atoms with E-state index in [-0.39, 0.29) is 29.8 Å². The van der Waals surface area contributed by atoms with Gasteiger partial charge >= 0.3 is 0 Å². The number of rotatable bonds is 7. The molecule has 3 N–H and O–H groups in total. The Morgan fingerprint density at radius 2 is 1.44 bits per heavy atom. The molecule has 4 saturated carbocycles. The smallest absolute Gasteiger partial charge is 0.240 e. The van der Waals surface area contributed by atoms with Crippen LogP contribution < -0.4 is 16.0 Å². The van der Waals surface area contributed by atoms with Crippen molar-refractivity contribution in [3.05, 3.63) is 65.7 Å². The Morgan fingerprint density at radius 1 is 0.812 bits per heavy atom. The minimum Gasteiger partial charge on any atom is -0.351 e. The van der Waals surface area contributed by atoms with Gasteiger partial charge in [-0.05, 0) is 56.4 Å². The van der Waals surface area contributed by atoms with Gasteiger partial charge in [0.25, 0.3) is 0 Å². The van der Waals surface area contributed by atoms with Crippen LogP contribution in [0.2, 0.25) is 0 Å². The Balaban J connectivity index is 1.14. The van der Waals surface area contributed by atoms with Crippen molar-refractivity contribution >= 4 is 23.4 Å². The third-order valence-electron chi connectivity index (χ3n) is 7.03. The van der Waals surface area contributed by atoms with E-state index in [9.17, 15) is 23.2 Å². The van der Waals surface area contributed by atoms with E-state index in [0.717, 1.165) is 12.1 Å². The van der Waals surface area contributed by atoms with E-state index in [1.165, 1.54) is 6.07 Å². The first-order valence-electron chi connectivity index (χ1n) is 10.7. The lowest BCUT2D eigenvalue weighted by molar-refractivity contribution is -0.185. The summed E-state index contributed by atoms with van der Waals surface area (Å²) in [7, 11) is 0. The van der Waals surface area contributed by atoms with Gasteiger partial charge in [0.15, 0.2) is 0 Å². The summed E-state index contributed by atoms with van der Waals surface area (Å²) >= 11 is 0. The molecule has 2 aromatic rings. The molecular weight excluding hydrogens is 416 g/mol. The van der Waals surface area contributed by atoms with Gasteiger partial charge in [-0.2, -0.15) is 0 Å². The molecule has 0 aliphatic heterocycles. The molecule has 4 aliphatic carbocycles. The predicted molar refractivity (Wildman–Crippen MR) is 112 cm³/mol. The van der Waals surface area contributed by atoms with Crippen molar-refractivity contribution in [2.45, 2.75) is 44.2 Å². The summed E-state index contributed by atoms with van der Waals surface area (Å²) in [6.45, 7) is -0.221. The lowest BCUT2D eigenvalue weighted by Crippen LogP contribution is -2.78. The Bertz CT molecular complexity index is 1070. The number of anilines is 1. The van der Waals surface area contributed by atoms with Crippen LogP contribution in [-0.2, 0) is 20.9 Å². The molecule has 0 saturated heterocycles. The molecular formula is C24H23F2N3O3. The molecule has 0 unspecified atom stereocenters. The summed E-state index contributed by atoms with van der Waals surface area (Å²) in [6, 6.07) is 12.6. The number of para-hydroxylation sites is 1. The summed E-state index contributed by atoms with van der Waals surface area (Å²) in [5, 5.41) is 8.43. The van der Waals surface area contributed by atoms with Crippen molar-refractivity contribution in [2.24, 2.45) is 10.8 Å². The largest absolute Gasteiger partial charge is 0.351 e. The maximum absolute atomic E-state index is 13.8. The normalized spacial score (nSPS) is 26.2. The van der Waals surface area contributed by atoms with Gasteiger partial charge in [-0.1, -0.05) is 24.3 Å². The SMILES string of the molecule is O=C(NCc1c(F)cccc1F)C12CC(NC(=O)C3(C(=O)Nc4ccccc4)CC3)(C1)C2. The molecule has 3 amide bonds. The monoisotopic (exact) mass is 439 g/mol. The fraction of sp³-hybridized carbons (Fsp3) is 0.375. The first-order valence-corrected chi connectivity index (χ1v) is 10.7. The zero-order chi connectivity index (χ0) is 22.6. The molecule has 0 heterocycles. The highest BCUT2D eigenvalue weighted by Gasteiger charge is 2.73. The molecule has 0 radical (unpaired) electrons. The van der Waals surface area contributed by atoms with Crippen LogP contribution in [0, 0.1) is 22.5 Å². The molecule has 0 aromatic heterocycles. The van der Waals surface area contributed by atoms with Gasteiger partial charge in [-0.15, -0.1) is 0 Å². The molecule has 4 aliphatic rings. The van der Waals surface area contributed by atoms with Gasteiger partial charge in [0.1, 0.15) is 17.0 Å². The van der Waals surface area contributed by atoms with Crippen LogP contribution in [0.3, 0.4) is 0 Å². The van der Waals surface area contributed by atoms with E-state index < -0.39 is 28.0 Å². The summed E-state index contributed by atoms with van der Waals surface area (Å²) in [5.74, 6) is -2.27. The highest BCUT2D eigenvalue weighted by atomic mass is 19.1. The second-order valence-electron chi connectivity index (χ2n) is 9.33. The Morgan fingerprint density at radius 3 is 2.03 bits per heavy atom. The average Bonchev–Trinajstić information content (AvgIpc) is 3.52. The topological polar surface area (TPSA) is 87.3 Å². The van der Waals surface area contributed by atoms with Gasteiger partial charge < -0.3 is 16.0 Å². The van der Waals surface area contributed by atoms with Crippen LogP contribution in [0.25, 0.3) is 0 Å². The highest BCUT2D eigenvalue weighted by Crippen LogP contribution is 2.67. The zero-order valence-corrected chi connectivity index (χ0v) is 17.3. The van der Waals surface area contributed by atoms with Crippen molar-refractivity contribution < 1.29 is 23.2 Å². The molecule has 8 heteroatoms. The van der Waals surface area contributed by atoms with Crippen LogP contribution in [0.5, 0.6) is 0 Å². The van der Waals surface area contributed by atoms with Crippen LogP contribution in [-0.4, -0.2) is 23.3 Å². The van der Waals surface area contributed by atoms with Gasteiger partial charge in [0.05, 0.1) is 5.41 Å². The number of hydrogen-bond acceptors (Lipinski definition) is 3. The summed E-state index contributed by atoms with van der Waals surface area (Å²) < 4.78 is 27.5. The highest BCUT2D eigenvalue weighted by molar-refractivity contribution is 6.13. The van der Waals surface area contributed by atoms with Gasteiger partial charge in [-0.25, -0.2) is 8.78 Å². The van der Waals surface area contributed by atoms with Gasteiger partial charge in [0.2, 0.25) is 17.7 Å². The summed E-state index contributed by atoms with van der Waals surface area (Å²) in [6.07, 6.45) is 2.38. The fourth-order valence-corrected chi connectivity index (χ4v) is 5.03. The standard InChI is InChI=1S/C24H23F2N3O3/c25-17-7-4-8-18(26)16(17)11-27-19(30)22-12-23(13-22,14-22)29-21(32)24(9-10-24)20(31)28-15-5-2-1-3-6-15/h1-8H,9-14H2,(H,27,30)(H,28,31)(H,29,32). The summed E-state index contributed by atoms with van der Waals surface area (Å²) in [4.78, 5) is 38.2. The average molecular weight is 439 g/mol. The molecule has 0 spiro atoms. The van der Waals surface area contributed by atoms with Crippen molar-refractivity contribution in [1.29, 1.82) is 0 Å². The molecule has 166 valence electrons. The molecule has 6 rings (SSSR count). The molecule has 6 nitrogen and oxygen atoms in total. The third-order valence-corrected chi connectivity index (χ3v) is 7.03. The summed E-state index contributed by atoms with van der Waals surface area (Å²) in [5.41, 5.74) is -1.67. The van der Waals surface area contributed by atoms with Crippen molar-refractivity contribution in [3.63, 3.8) is 0 Å². The van der Waals surface area contributed by atoms with Crippen molar-refractivity contribution in [1.82, 2.24) is 10.6 Å². The Hall–Kier alpha value is -3.29. The van der Waals surface area contributed by atoms with Crippen molar-refractivity contribution in [2.75, 3.05) is 5.32 Å². The number of carbonyl (C=O) groups excluding carboxylic acids is 3. The quantitative estimate of drug-likeness (QED) is 0.580.